The van der Waals surface area contributed by atoms with Crippen molar-refractivity contribution in [2.45, 2.75) is 18.2 Å². The summed E-state index contributed by atoms with van der Waals surface area (Å²) in [6.45, 7) is 1.62. The smallest absolute Gasteiger partial charge is 0.243 e. The Bertz CT molecular complexity index is 1170. The summed E-state index contributed by atoms with van der Waals surface area (Å²) in [6, 6.07) is 20.8. The van der Waals surface area contributed by atoms with Crippen LogP contribution in [0.15, 0.2) is 77.7 Å². The maximum absolute atomic E-state index is 13.4. The van der Waals surface area contributed by atoms with Crippen LogP contribution in [0.3, 0.4) is 0 Å². The van der Waals surface area contributed by atoms with Crippen LogP contribution in [0.2, 0.25) is 5.02 Å². The van der Waals surface area contributed by atoms with Crippen LogP contribution in [0.1, 0.15) is 11.1 Å². The Balaban J connectivity index is 1.84. The molecule has 0 aromatic heterocycles. The van der Waals surface area contributed by atoms with E-state index < -0.39 is 15.9 Å². The average molecular weight is 473 g/mol. The number of hydrogen-bond acceptors (Lipinski definition) is 4. The number of sulfonamides is 1. The number of carbonyl (C=O) groups is 1. The van der Waals surface area contributed by atoms with Gasteiger partial charge in [0.2, 0.25) is 15.9 Å². The van der Waals surface area contributed by atoms with Crippen molar-refractivity contribution >= 4 is 33.2 Å². The Morgan fingerprint density at radius 2 is 1.72 bits per heavy atom. The third-order valence-electron chi connectivity index (χ3n) is 4.94. The minimum Gasteiger partial charge on any atom is -0.496 e. The van der Waals surface area contributed by atoms with Gasteiger partial charge in [0.15, 0.2) is 0 Å². The number of ether oxygens (including phenoxy) is 1. The summed E-state index contributed by atoms with van der Waals surface area (Å²) < 4.78 is 33.3. The van der Waals surface area contributed by atoms with Crippen LogP contribution in [0.25, 0.3) is 0 Å². The number of benzene rings is 3. The number of halogens is 1. The van der Waals surface area contributed by atoms with Gasteiger partial charge in [-0.25, -0.2) is 8.42 Å². The largest absolute Gasteiger partial charge is 0.496 e. The van der Waals surface area contributed by atoms with Crippen molar-refractivity contribution in [3.8, 4) is 5.75 Å². The number of hydrogen-bond donors (Lipinski definition) is 1. The predicted molar refractivity (Wildman–Crippen MR) is 127 cm³/mol. The van der Waals surface area contributed by atoms with Gasteiger partial charge in [-0.1, -0.05) is 41.9 Å². The topological polar surface area (TPSA) is 75.7 Å². The van der Waals surface area contributed by atoms with E-state index in [-0.39, 0.29) is 18.0 Å². The zero-order chi connectivity index (χ0) is 23.1. The SMILES string of the molecule is COc1ccc(S(=O)(=O)N(CCc2ccccc2)CC(=O)Nc2ccc(Cl)cc2)cc1C. The molecule has 1 N–H and O–H groups in total. The summed E-state index contributed by atoms with van der Waals surface area (Å²) in [6.07, 6.45) is 0.476. The summed E-state index contributed by atoms with van der Waals surface area (Å²) in [4.78, 5) is 12.8. The molecule has 0 aliphatic heterocycles. The summed E-state index contributed by atoms with van der Waals surface area (Å²) in [7, 11) is -2.39. The molecule has 1 amide bonds. The number of nitrogens with one attached hydrogen (secondary N) is 1. The zero-order valence-electron chi connectivity index (χ0n) is 17.9. The van der Waals surface area contributed by atoms with Gasteiger partial charge in [-0.15, -0.1) is 0 Å². The first-order chi connectivity index (χ1) is 15.3. The van der Waals surface area contributed by atoms with Gasteiger partial charge in [-0.05, 0) is 66.9 Å². The van der Waals surface area contributed by atoms with E-state index in [1.807, 2.05) is 30.3 Å². The van der Waals surface area contributed by atoms with Crippen molar-refractivity contribution in [3.05, 3.63) is 88.9 Å². The Hall–Kier alpha value is -2.87. The zero-order valence-corrected chi connectivity index (χ0v) is 19.5. The van der Waals surface area contributed by atoms with Crippen LogP contribution < -0.4 is 10.1 Å². The van der Waals surface area contributed by atoms with Crippen LogP contribution >= 0.6 is 11.6 Å². The third kappa shape index (κ3) is 6.09. The highest BCUT2D eigenvalue weighted by molar-refractivity contribution is 7.89. The van der Waals surface area contributed by atoms with Crippen LogP contribution in [0.4, 0.5) is 5.69 Å². The van der Waals surface area contributed by atoms with Crippen molar-refractivity contribution in [3.63, 3.8) is 0 Å². The summed E-state index contributed by atoms with van der Waals surface area (Å²) in [5.41, 5.74) is 2.22. The number of anilines is 1. The molecule has 0 saturated heterocycles. The molecule has 0 unspecified atom stereocenters. The van der Waals surface area contributed by atoms with Gasteiger partial charge < -0.3 is 10.1 Å². The van der Waals surface area contributed by atoms with Crippen LogP contribution in [-0.4, -0.2) is 38.8 Å². The molecule has 6 nitrogen and oxygen atoms in total. The summed E-state index contributed by atoms with van der Waals surface area (Å²) in [5.74, 6) is 0.162. The van der Waals surface area contributed by atoms with E-state index in [0.29, 0.717) is 28.4 Å². The molecule has 3 aromatic carbocycles. The fourth-order valence-electron chi connectivity index (χ4n) is 3.24. The van der Waals surface area contributed by atoms with E-state index in [1.54, 1.807) is 43.3 Å². The second-order valence-corrected chi connectivity index (χ2v) is 9.64. The van der Waals surface area contributed by atoms with Crippen molar-refractivity contribution in [1.82, 2.24) is 4.31 Å². The van der Waals surface area contributed by atoms with Crippen molar-refractivity contribution < 1.29 is 17.9 Å². The van der Waals surface area contributed by atoms with E-state index in [9.17, 15) is 13.2 Å². The highest BCUT2D eigenvalue weighted by Gasteiger charge is 2.27. The Morgan fingerprint density at radius 3 is 2.34 bits per heavy atom. The predicted octanol–water partition coefficient (Wildman–Crippen LogP) is 4.53. The second kappa shape index (κ2) is 10.6. The molecule has 0 heterocycles. The lowest BCUT2D eigenvalue weighted by atomic mass is 10.1. The molecule has 32 heavy (non-hydrogen) atoms. The maximum Gasteiger partial charge on any atom is 0.243 e. The van der Waals surface area contributed by atoms with Crippen LogP contribution in [-0.2, 0) is 21.2 Å². The number of methoxy groups -OCH3 is 1. The first-order valence-corrected chi connectivity index (χ1v) is 11.9. The van der Waals surface area contributed by atoms with Gasteiger partial charge in [-0.2, -0.15) is 4.31 Å². The van der Waals surface area contributed by atoms with Crippen molar-refractivity contribution in [2.24, 2.45) is 0 Å². The fraction of sp³-hybridized carbons (Fsp3) is 0.208. The number of carbonyl (C=O) groups excluding carboxylic acids is 1. The molecule has 0 aliphatic carbocycles. The van der Waals surface area contributed by atoms with Crippen molar-refractivity contribution in [1.29, 1.82) is 0 Å². The van der Waals surface area contributed by atoms with Gasteiger partial charge in [0.25, 0.3) is 0 Å². The first-order valence-electron chi connectivity index (χ1n) is 10.0. The number of nitrogens with zero attached hydrogens (tertiary/aromatic N) is 1. The molecule has 0 atom stereocenters. The Kier molecular flexibility index (Phi) is 7.90. The number of amides is 1. The lowest BCUT2D eigenvalue weighted by molar-refractivity contribution is -0.116. The van der Waals surface area contributed by atoms with Gasteiger partial charge in [0.05, 0.1) is 18.6 Å². The molecule has 0 bridgehead atoms. The molecule has 3 aromatic rings. The highest BCUT2D eigenvalue weighted by Crippen LogP contribution is 2.24. The first kappa shape index (κ1) is 23.8. The monoisotopic (exact) mass is 472 g/mol. The lowest BCUT2D eigenvalue weighted by Crippen LogP contribution is -2.39. The molecule has 0 saturated carbocycles. The molecule has 0 spiro atoms. The number of rotatable bonds is 9. The Morgan fingerprint density at radius 1 is 1.03 bits per heavy atom. The molecule has 8 heteroatoms. The normalized spacial score (nSPS) is 11.4. The van der Waals surface area contributed by atoms with E-state index in [2.05, 4.69) is 5.32 Å². The quantitative estimate of drug-likeness (QED) is 0.496. The van der Waals surface area contributed by atoms with Gasteiger partial charge >= 0.3 is 0 Å². The van der Waals surface area contributed by atoms with Gasteiger partial charge in [0.1, 0.15) is 5.75 Å². The molecule has 168 valence electrons. The summed E-state index contributed by atoms with van der Waals surface area (Å²) >= 11 is 5.88. The molecular weight excluding hydrogens is 448 g/mol. The van der Waals surface area contributed by atoms with Gasteiger partial charge in [0, 0.05) is 17.3 Å². The maximum atomic E-state index is 13.4. The molecule has 0 fully saturated rings. The summed E-state index contributed by atoms with van der Waals surface area (Å²) in [5, 5.41) is 3.27. The third-order valence-corrected chi connectivity index (χ3v) is 7.04. The van der Waals surface area contributed by atoms with E-state index >= 15 is 0 Å². The number of aryl methyl sites for hydroxylation is 1. The highest BCUT2D eigenvalue weighted by atomic mass is 35.5. The fourth-order valence-corrected chi connectivity index (χ4v) is 4.85. The van der Waals surface area contributed by atoms with Crippen LogP contribution in [0.5, 0.6) is 5.75 Å². The Labute approximate surface area is 193 Å². The average Bonchev–Trinajstić information content (AvgIpc) is 2.78. The lowest BCUT2D eigenvalue weighted by Gasteiger charge is -2.22. The van der Waals surface area contributed by atoms with Crippen LogP contribution in [0, 0.1) is 6.92 Å². The van der Waals surface area contributed by atoms with Gasteiger partial charge in [-0.3, -0.25) is 4.79 Å². The molecular formula is C24H25ClN2O4S. The van der Waals surface area contributed by atoms with Crippen molar-refractivity contribution in [2.75, 3.05) is 25.5 Å². The minimum absolute atomic E-state index is 0.114. The molecule has 0 aliphatic rings. The molecule has 3 rings (SSSR count). The standard InChI is InChI=1S/C24H25ClN2O4S/c1-18-16-22(12-13-23(18)31-2)32(29,30)27(15-14-19-6-4-3-5-7-19)17-24(28)26-21-10-8-20(25)9-11-21/h3-13,16H,14-15,17H2,1-2H3,(H,26,28). The van der Waals surface area contributed by atoms with E-state index in [1.165, 1.54) is 17.5 Å². The minimum atomic E-state index is -3.92. The molecule has 0 radical (unpaired) electrons. The van der Waals surface area contributed by atoms with E-state index in [0.717, 1.165) is 5.56 Å². The second-order valence-electron chi connectivity index (χ2n) is 7.26. The van der Waals surface area contributed by atoms with E-state index in [4.69, 9.17) is 16.3 Å².